The van der Waals surface area contributed by atoms with Gasteiger partial charge in [0.25, 0.3) is 0 Å². The van der Waals surface area contributed by atoms with Crippen molar-refractivity contribution in [1.29, 1.82) is 0 Å². The van der Waals surface area contributed by atoms with Crippen molar-refractivity contribution in [2.24, 2.45) is 17.4 Å². The Morgan fingerprint density at radius 2 is 2.25 bits per heavy atom. The third kappa shape index (κ3) is 2.38. The quantitative estimate of drug-likeness (QED) is 0.440. The molecule has 0 saturated heterocycles. The zero-order valence-electron chi connectivity index (χ0n) is 5.17. The zero-order chi connectivity index (χ0) is 6.57. The first-order chi connectivity index (χ1) is 3.72. The fourth-order valence-corrected chi connectivity index (χ4v) is 0.347. The first-order valence-corrected chi connectivity index (χ1v) is 2.73. The minimum absolute atomic E-state index is 0.0556. The molecule has 0 saturated carbocycles. The lowest BCUT2D eigenvalue weighted by molar-refractivity contribution is 0.566. The summed E-state index contributed by atoms with van der Waals surface area (Å²) in [6, 6.07) is 0. The van der Waals surface area contributed by atoms with Gasteiger partial charge in [0.05, 0.1) is 7.17 Å². The van der Waals surface area contributed by atoms with E-state index in [-0.39, 0.29) is 5.94 Å². The summed E-state index contributed by atoms with van der Waals surface area (Å²) in [7, 11) is 6.61. The van der Waals surface area contributed by atoms with E-state index in [0.29, 0.717) is 12.5 Å². The Morgan fingerprint density at radius 3 is 2.38 bits per heavy atom. The van der Waals surface area contributed by atoms with E-state index in [9.17, 15) is 0 Å². The Kier molecular flexibility index (Phi) is 4.01. The minimum atomic E-state index is -0.0556. The van der Waals surface area contributed by atoms with E-state index in [4.69, 9.17) is 19.2 Å². The minimum Gasteiger partial charge on any atom is -0.336 e. The van der Waals surface area contributed by atoms with Crippen molar-refractivity contribution in [1.82, 2.24) is 0 Å². The van der Waals surface area contributed by atoms with Gasteiger partial charge in [-0.1, -0.05) is 6.92 Å². The number of hydrogen-bond acceptors (Lipinski definition) is 2. The molecule has 3 radical (unpaired) electrons. The molecule has 0 aliphatic heterocycles. The zero-order valence-corrected chi connectivity index (χ0v) is 5.17. The van der Waals surface area contributed by atoms with E-state index in [0.717, 1.165) is 0 Å². The van der Waals surface area contributed by atoms with Crippen molar-refractivity contribution < 1.29 is 0 Å². The average molecular weight is 109 g/mol. The average Bonchev–Trinajstić information content (AvgIpc) is 1.84. The second-order valence-corrected chi connectivity index (χ2v) is 1.98. The highest BCUT2D eigenvalue weighted by molar-refractivity contribution is 6.90. The summed E-state index contributed by atoms with van der Waals surface area (Å²) in [6.45, 7) is 2.56. The molecule has 0 aromatic carbocycles. The van der Waals surface area contributed by atoms with Gasteiger partial charge in [-0.3, -0.25) is 0 Å². The van der Waals surface area contributed by atoms with Crippen molar-refractivity contribution in [2.75, 3.05) is 6.54 Å². The van der Waals surface area contributed by atoms with Gasteiger partial charge in [-0.25, -0.2) is 0 Å². The molecule has 2 atom stereocenters. The summed E-state index contributed by atoms with van der Waals surface area (Å²) in [5, 5.41) is 0. The third-order valence-corrected chi connectivity index (χ3v) is 1.25. The fourth-order valence-electron chi connectivity index (χ4n) is 0.347. The lowest BCUT2D eigenvalue weighted by Gasteiger charge is -2.14. The fraction of sp³-hybridized carbons (Fsp3) is 1.00. The molecule has 0 aliphatic rings. The van der Waals surface area contributed by atoms with Gasteiger partial charge in [0, 0.05) is 7.74 Å². The molecule has 4 heteroatoms. The molecule has 0 aromatic heterocycles. The molecule has 0 unspecified atom stereocenters. The van der Waals surface area contributed by atoms with Gasteiger partial charge in [-0.15, -0.1) is 0 Å². The van der Waals surface area contributed by atoms with Gasteiger partial charge in [-0.2, -0.15) is 0 Å². The monoisotopic (exact) mass is 109 g/mol. The van der Waals surface area contributed by atoms with Crippen LogP contribution in [0.4, 0.5) is 0 Å². The van der Waals surface area contributed by atoms with E-state index in [2.05, 4.69) is 0 Å². The van der Waals surface area contributed by atoms with Crippen LogP contribution in [0.1, 0.15) is 6.92 Å². The van der Waals surface area contributed by atoms with Crippen molar-refractivity contribution in [3.63, 3.8) is 0 Å². The van der Waals surface area contributed by atoms with Gasteiger partial charge in [0.1, 0.15) is 0 Å². The molecule has 0 spiro atoms. The number of rotatable bonds is 3. The van der Waals surface area contributed by atoms with Crippen LogP contribution in [0.2, 0.25) is 0 Å². The highest BCUT2D eigenvalue weighted by Gasteiger charge is 2.06. The Labute approximate surface area is 52.6 Å². The second kappa shape index (κ2) is 3.98. The summed E-state index contributed by atoms with van der Waals surface area (Å²) in [5.74, 6) is 0.236. The van der Waals surface area contributed by atoms with Crippen LogP contribution in [0.25, 0.3) is 0 Å². The smallest absolute Gasteiger partial charge is 0.0777 e. The SMILES string of the molecule is [B][B][C@H](N)[C@@H](C)CN. The molecule has 4 N–H and O–H groups in total. The first-order valence-electron chi connectivity index (χ1n) is 2.73. The van der Waals surface area contributed by atoms with Crippen molar-refractivity contribution in [3.8, 4) is 0 Å². The Balaban J connectivity index is 3.29. The number of hydrogen-bond donors (Lipinski definition) is 2. The molecule has 0 fully saturated rings. The molecular formula is C4H11B2N2. The highest BCUT2D eigenvalue weighted by atomic mass is 14.6. The van der Waals surface area contributed by atoms with Crippen molar-refractivity contribution in [3.05, 3.63) is 0 Å². The molecule has 0 heterocycles. The Bertz CT molecular complexity index is 52.0. The predicted molar refractivity (Wildman–Crippen MR) is 37.7 cm³/mol. The van der Waals surface area contributed by atoms with Crippen molar-refractivity contribution >= 4 is 14.9 Å². The van der Waals surface area contributed by atoms with E-state index in [1.165, 1.54) is 7.17 Å². The predicted octanol–water partition coefficient (Wildman–Crippen LogP) is -1.35. The van der Waals surface area contributed by atoms with Gasteiger partial charge >= 0.3 is 0 Å². The molecule has 0 rings (SSSR count). The van der Waals surface area contributed by atoms with Crippen LogP contribution in [0.15, 0.2) is 0 Å². The molecule has 0 bridgehead atoms. The topological polar surface area (TPSA) is 52.0 Å². The summed E-state index contributed by atoms with van der Waals surface area (Å²) in [5.41, 5.74) is 10.8. The van der Waals surface area contributed by atoms with Crippen molar-refractivity contribution in [2.45, 2.75) is 12.9 Å². The maximum Gasteiger partial charge on any atom is 0.0777 e. The molecule has 0 aromatic rings. The van der Waals surface area contributed by atoms with Gasteiger partial charge in [-0.05, 0) is 18.4 Å². The van der Waals surface area contributed by atoms with Gasteiger partial charge in [0.15, 0.2) is 0 Å². The van der Waals surface area contributed by atoms with E-state index < -0.39 is 0 Å². The summed E-state index contributed by atoms with van der Waals surface area (Å²) >= 11 is 0. The first kappa shape index (κ1) is 8.05. The molecule has 0 amide bonds. The molecule has 0 aliphatic carbocycles. The Morgan fingerprint density at radius 1 is 1.75 bits per heavy atom. The van der Waals surface area contributed by atoms with E-state index in [1.54, 1.807) is 0 Å². The van der Waals surface area contributed by atoms with E-state index in [1.807, 2.05) is 6.92 Å². The Hall–Kier alpha value is 0.0499. The van der Waals surface area contributed by atoms with Crippen LogP contribution in [0, 0.1) is 5.92 Å². The maximum absolute atomic E-state index is 5.47. The molecular weight excluding hydrogens is 97.7 g/mol. The molecule has 2 nitrogen and oxygen atoms in total. The second-order valence-electron chi connectivity index (χ2n) is 1.98. The normalized spacial score (nSPS) is 17.4. The van der Waals surface area contributed by atoms with Crippen LogP contribution in [-0.2, 0) is 0 Å². The summed E-state index contributed by atoms with van der Waals surface area (Å²) in [4.78, 5) is 0. The highest BCUT2D eigenvalue weighted by Crippen LogP contribution is 1.92. The lowest BCUT2D eigenvalue weighted by Crippen LogP contribution is -2.38. The van der Waals surface area contributed by atoms with E-state index >= 15 is 0 Å². The summed E-state index contributed by atoms with van der Waals surface area (Å²) < 4.78 is 0. The molecule has 8 heavy (non-hydrogen) atoms. The van der Waals surface area contributed by atoms with Crippen LogP contribution >= 0.6 is 0 Å². The number of nitrogens with two attached hydrogens (primary N) is 2. The van der Waals surface area contributed by atoms with Crippen LogP contribution in [0.5, 0.6) is 0 Å². The lowest BCUT2D eigenvalue weighted by atomic mass is 9.48. The third-order valence-electron chi connectivity index (χ3n) is 1.25. The molecule has 43 valence electrons. The van der Waals surface area contributed by atoms with Crippen LogP contribution in [-0.4, -0.2) is 27.4 Å². The maximum atomic E-state index is 5.47. The van der Waals surface area contributed by atoms with Crippen LogP contribution in [0.3, 0.4) is 0 Å². The summed E-state index contributed by atoms with van der Waals surface area (Å²) in [6.07, 6.45) is 0. The largest absolute Gasteiger partial charge is 0.336 e. The van der Waals surface area contributed by atoms with Gasteiger partial charge in [0.2, 0.25) is 0 Å². The standard InChI is InChI=1S/C4H11B2N2/c1-3(2-7)4(8)6-5/h3-4H,2,7-8H2,1H3/t3-,4+/m0/s1. The van der Waals surface area contributed by atoms with Gasteiger partial charge < -0.3 is 11.5 Å². The van der Waals surface area contributed by atoms with Crippen LogP contribution < -0.4 is 11.5 Å².